The van der Waals surface area contributed by atoms with Gasteiger partial charge in [-0.2, -0.15) is 0 Å². The molecule has 1 aliphatic rings. The number of imide groups is 1. The van der Waals surface area contributed by atoms with Crippen LogP contribution in [0.15, 0.2) is 24.3 Å². The van der Waals surface area contributed by atoms with E-state index in [-0.39, 0.29) is 18.2 Å². The van der Waals surface area contributed by atoms with Crippen molar-refractivity contribution in [2.75, 3.05) is 0 Å². The van der Waals surface area contributed by atoms with Crippen molar-refractivity contribution in [3.63, 3.8) is 0 Å². The van der Waals surface area contributed by atoms with Gasteiger partial charge in [-0.1, -0.05) is 26.0 Å². The maximum absolute atomic E-state index is 12.0. The molecule has 0 unspecified atom stereocenters. The van der Waals surface area contributed by atoms with Crippen LogP contribution in [0.1, 0.15) is 48.5 Å². The maximum Gasteiger partial charge on any atom is 0.251 e. The monoisotopic (exact) mass is 274 g/mol. The summed E-state index contributed by atoms with van der Waals surface area (Å²) < 4.78 is 0. The fourth-order valence-electron chi connectivity index (χ4n) is 2.09. The third kappa shape index (κ3) is 3.23. The van der Waals surface area contributed by atoms with Gasteiger partial charge in [0.15, 0.2) is 0 Å². The standard InChI is InChI=1S/C15H18N2O3/c1-9(2)10-3-5-11(6-4-10)14(19)16-12-7-8-13(18)17-15(12)20/h3-6,9,12H,7-8H2,1-2H3,(H,16,19)(H,17,18,20)/t12-/m1/s1. The predicted molar refractivity (Wildman–Crippen MR) is 74.2 cm³/mol. The first kappa shape index (κ1) is 14.2. The molecule has 1 heterocycles. The van der Waals surface area contributed by atoms with Gasteiger partial charge in [0.1, 0.15) is 6.04 Å². The van der Waals surface area contributed by atoms with Crippen molar-refractivity contribution in [3.8, 4) is 0 Å². The summed E-state index contributed by atoms with van der Waals surface area (Å²) in [6, 6.07) is 6.67. The van der Waals surface area contributed by atoms with Gasteiger partial charge in [-0.15, -0.1) is 0 Å². The molecule has 2 N–H and O–H groups in total. The molecule has 1 aromatic rings. The molecule has 3 amide bonds. The normalized spacial score (nSPS) is 18.9. The summed E-state index contributed by atoms with van der Waals surface area (Å²) in [4.78, 5) is 34.6. The van der Waals surface area contributed by atoms with Crippen LogP contribution in [-0.4, -0.2) is 23.8 Å². The first-order chi connectivity index (χ1) is 9.47. The summed E-state index contributed by atoms with van der Waals surface area (Å²) in [5, 5.41) is 4.87. The SMILES string of the molecule is CC(C)c1ccc(C(=O)N[C@@H]2CCC(=O)NC2=O)cc1. The van der Waals surface area contributed by atoms with Crippen LogP contribution >= 0.6 is 0 Å². The Labute approximate surface area is 117 Å². The van der Waals surface area contributed by atoms with Crippen LogP contribution < -0.4 is 10.6 Å². The van der Waals surface area contributed by atoms with Crippen LogP contribution in [0.2, 0.25) is 0 Å². The minimum atomic E-state index is -0.634. The highest BCUT2D eigenvalue weighted by Crippen LogP contribution is 2.15. The first-order valence-corrected chi connectivity index (χ1v) is 6.72. The van der Waals surface area contributed by atoms with Crippen LogP contribution in [0.5, 0.6) is 0 Å². The zero-order valence-electron chi connectivity index (χ0n) is 11.6. The lowest BCUT2D eigenvalue weighted by Gasteiger charge is -2.21. The number of carbonyl (C=O) groups is 3. The molecule has 20 heavy (non-hydrogen) atoms. The number of carbonyl (C=O) groups excluding carboxylic acids is 3. The highest BCUT2D eigenvalue weighted by molar-refractivity contribution is 6.03. The highest BCUT2D eigenvalue weighted by Gasteiger charge is 2.27. The molecular weight excluding hydrogens is 256 g/mol. The zero-order chi connectivity index (χ0) is 14.7. The van der Waals surface area contributed by atoms with Crippen LogP contribution in [0.4, 0.5) is 0 Å². The van der Waals surface area contributed by atoms with Crippen molar-refractivity contribution in [1.29, 1.82) is 0 Å². The smallest absolute Gasteiger partial charge is 0.251 e. The first-order valence-electron chi connectivity index (χ1n) is 6.72. The Bertz CT molecular complexity index is 535. The average molecular weight is 274 g/mol. The van der Waals surface area contributed by atoms with Crippen LogP contribution in [0.25, 0.3) is 0 Å². The Hall–Kier alpha value is -2.17. The number of rotatable bonds is 3. The van der Waals surface area contributed by atoms with Gasteiger partial charge in [0.25, 0.3) is 5.91 Å². The molecule has 1 aromatic carbocycles. The summed E-state index contributed by atoms with van der Waals surface area (Å²) in [6.07, 6.45) is 0.601. The highest BCUT2D eigenvalue weighted by atomic mass is 16.2. The third-order valence-electron chi connectivity index (χ3n) is 3.38. The topological polar surface area (TPSA) is 75.3 Å². The van der Waals surface area contributed by atoms with E-state index in [4.69, 9.17) is 0 Å². The average Bonchev–Trinajstić information content (AvgIpc) is 2.42. The Balaban J connectivity index is 2.01. The predicted octanol–water partition coefficient (Wildman–Crippen LogP) is 1.34. The Morgan fingerprint density at radius 1 is 1.25 bits per heavy atom. The molecular formula is C15H18N2O3. The summed E-state index contributed by atoms with van der Waals surface area (Å²) in [6.45, 7) is 4.16. The molecule has 0 aliphatic carbocycles. The number of amides is 3. The Kier molecular flexibility index (Phi) is 4.17. The number of piperidine rings is 1. The van der Waals surface area contributed by atoms with Crippen LogP contribution in [0.3, 0.4) is 0 Å². The second kappa shape index (κ2) is 5.86. The molecule has 0 radical (unpaired) electrons. The van der Waals surface area contributed by atoms with Crippen molar-refractivity contribution in [2.24, 2.45) is 0 Å². The molecule has 0 spiro atoms. The summed E-state index contributed by atoms with van der Waals surface area (Å²) in [5.41, 5.74) is 1.67. The molecule has 106 valence electrons. The summed E-state index contributed by atoms with van der Waals surface area (Å²) in [5.74, 6) is -0.618. The number of hydrogen-bond donors (Lipinski definition) is 2. The quantitative estimate of drug-likeness (QED) is 0.817. The van der Waals surface area contributed by atoms with Gasteiger partial charge in [-0.25, -0.2) is 0 Å². The van der Waals surface area contributed by atoms with E-state index in [1.807, 2.05) is 12.1 Å². The molecule has 0 saturated carbocycles. The number of hydrogen-bond acceptors (Lipinski definition) is 3. The molecule has 0 aromatic heterocycles. The van der Waals surface area contributed by atoms with Gasteiger partial charge in [0, 0.05) is 12.0 Å². The fourth-order valence-corrected chi connectivity index (χ4v) is 2.09. The minimum absolute atomic E-state index is 0.253. The van der Waals surface area contributed by atoms with Crippen LogP contribution in [0, 0.1) is 0 Å². The number of benzene rings is 1. The maximum atomic E-state index is 12.0. The van der Waals surface area contributed by atoms with E-state index in [1.165, 1.54) is 0 Å². The minimum Gasteiger partial charge on any atom is -0.340 e. The lowest BCUT2D eigenvalue weighted by atomic mass is 10.0. The number of nitrogens with one attached hydrogen (secondary N) is 2. The molecule has 2 rings (SSSR count). The van der Waals surface area contributed by atoms with Crippen molar-refractivity contribution in [1.82, 2.24) is 10.6 Å². The van der Waals surface area contributed by atoms with E-state index in [0.717, 1.165) is 5.56 Å². The van der Waals surface area contributed by atoms with E-state index in [9.17, 15) is 14.4 Å². The van der Waals surface area contributed by atoms with E-state index < -0.39 is 11.9 Å². The van der Waals surface area contributed by atoms with Crippen LogP contribution in [-0.2, 0) is 9.59 Å². The largest absolute Gasteiger partial charge is 0.340 e. The summed E-state index contributed by atoms with van der Waals surface area (Å²) in [7, 11) is 0. The van der Waals surface area contributed by atoms with E-state index >= 15 is 0 Å². The van der Waals surface area contributed by atoms with Gasteiger partial charge >= 0.3 is 0 Å². The molecule has 1 saturated heterocycles. The van der Waals surface area contributed by atoms with E-state index in [0.29, 0.717) is 17.9 Å². The molecule has 5 nitrogen and oxygen atoms in total. The van der Waals surface area contributed by atoms with Gasteiger partial charge in [0.2, 0.25) is 11.8 Å². The molecule has 1 aliphatic heterocycles. The van der Waals surface area contributed by atoms with E-state index in [2.05, 4.69) is 24.5 Å². The Morgan fingerprint density at radius 3 is 2.45 bits per heavy atom. The van der Waals surface area contributed by atoms with Crippen molar-refractivity contribution in [3.05, 3.63) is 35.4 Å². The second-order valence-electron chi connectivity index (χ2n) is 5.25. The zero-order valence-corrected chi connectivity index (χ0v) is 11.6. The molecule has 1 atom stereocenters. The van der Waals surface area contributed by atoms with Gasteiger partial charge in [0.05, 0.1) is 0 Å². The lowest BCUT2D eigenvalue weighted by Crippen LogP contribution is -2.52. The molecule has 5 heteroatoms. The Morgan fingerprint density at radius 2 is 1.90 bits per heavy atom. The van der Waals surface area contributed by atoms with Gasteiger partial charge in [-0.05, 0) is 30.0 Å². The van der Waals surface area contributed by atoms with Crippen molar-refractivity contribution >= 4 is 17.7 Å². The van der Waals surface area contributed by atoms with Gasteiger partial charge < -0.3 is 5.32 Å². The van der Waals surface area contributed by atoms with E-state index in [1.54, 1.807) is 12.1 Å². The van der Waals surface area contributed by atoms with Crippen molar-refractivity contribution < 1.29 is 14.4 Å². The van der Waals surface area contributed by atoms with Crippen molar-refractivity contribution in [2.45, 2.75) is 38.6 Å². The second-order valence-corrected chi connectivity index (χ2v) is 5.25. The fraction of sp³-hybridized carbons (Fsp3) is 0.400. The summed E-state index contributed by atoms with van der Waals surface area (Å²) >= 11 is 0. The third-order valence-corrected chi connectivity index (χ3v) is 3.38. The lowest BCUT2D eigenvalue weighted by molar-refractivity contribution is -0.134. The molecule has 1 fully saturated rings. The van der Waals surface area contributed by atoms with Gasteiger partial charge in [-0.3, -0.25) is 19.7 Å². The molecule has 0 bridgehead atoms.